The lowest BCUT2D eigenvalue weighted by atomic mass is 10.1. The van der Waals surface area contributed by atoms with Crippen LogP contribution < -0.4 is 5.43 Å². The number of rotatable bonds is 4. The number of carbonyl (C=O) groups excluding carboxylic acids is 2. The first-order valence-corrected chi connectivity index (χ1v) is 5.16. The van der Waals surface area contributed by atoms with E-state index in [0.29, 0.717) is 4.90 Å². The van der Waals surface area contributed by atoms with Gasteiger partial charge in [-0.2, -0.15) is 18.3 Å². The van der Waals surface area contributed by atoms with Gasteiger partial charge in [0.05, 0.1) is 6.61 Å². The van der Waals surface area contributed by atoms with Gasteiger partial charge < -0.3 is 10.0 Å². The predicted octanol–water partition coefficient (Wildman–Crippen LogP) is -0.364. The van der Waals surface area contributed by atoms with Gasteiger partial charge in [0.2, 0.25) is 5.91 Å². The molecule has 0 unspecified atom stereocenters. The summed E-state index contributed by atoms with van der Waals surface area (Å²) >= 11 is 0. The normalized spacial score (nSPS) is 16.0. The van der Waals surface area contributed by atoms with Gasteiger partial charge in [-0.3, -0.25) is 9.59 Å². The first-order chi connectivity index (χ1) is 8.33. The molecule has 18 heavy (non-hydrogen) atoms. The molecule has 1 heterocycles. The van der Waals surface area contributed by atoms with Crippen LogP contribution in [0.4, 0.5) is 13.2 Å². The van der Waals surface area contributed by atoms with Crippen LogP contribution in [0.15, 0.2) is 5.10 Å². The highest BCUT2D eigenvalue weighted by Crippen LogP contribution is 2.17. The molecule has 0 spiro atoms. The van der Waals surface area contributed by atoms with Crippen molar-refractivity contribution in [3.63, 3.8) is 0 Å². The lowest BCUT2D eigenvalue weighted by Gasteiger charge is -2.24. The summed E-state index contributed by atoms with van der Waals surface area (Å²) in [4.78, 5) is 23.0. The van der Waals surface area contributed by atoms with Crippen molar-refractivity contribution in [2.24, 2.45) is 5.10 Å². The second kappa shape index (κ2) is 5.80. The van der Waals surface area contributed by atoms with Gasteiger partial charge in [0.25, 0.3) is 5.91 Å². The third-order valence-electron chi connectivity index (χ3n) is 2.18. The molecule has 9 heteroatoms. The number of carbonyl (C=O) groups is 2. The Morgan fingerprint density at radius 1 is 1.44 bits per heavy atom. The molecule has 102 valence electrons. The van der Waals surface area contributed by atoms with E-state index in [-0.39, 0.29) is 18.6 Å². The first-order valence-electron chi connectivity index (χ1n) is 5.16. The molecule has 0 fully saturated rings. The van der Waals surface area contributed by atoms with Gasteiger partial charge in [0, 0.05) is 19.4 Å². The Labute approximate surface area is 100 Å². The number of alkyl halides is 3. The summed E-state index contributed by atoms with van der Waals surface area (Å²) in [7, 11) is 0. The average molecular weight is 267 g/mol. The Morgan fingerprint density at radius 2 is 2.11 bits per heavy atom. The second-order valence-electron chi connectivity index (χ2n) is 3.66. The van der Waals surface area contributed by atoms with Crippen molar-refractivity contribution in [1.29, 1.82) is 0 Å². The molecule has 0 bridgehead atoms. The Kier molecular flexibility index (Phi) is 4.65. The van der Waals surface area contributed by atoms with Crippen LogP contribution in [0.1, 0.15) is 12.8 Å². The predicted molar refractivity (Wildman–Crippen MR) is 54.5 cm³/mol. The monoisotopic (exact) mass is 267 g/mol. The standard InChI is InChI=1S/C9H12F3N3O3/c10-9(11,12)5-15(3-4-16)8(18)6-1-2-7(17)14-13-6/h16H,1-5H2,(H,14,17). The summed E-state index contributed by atoms with van der Waals surface area (Å²) in [6, 6.07) is 0. The fourth-order valence-electron chi connectivity index (χ4n) is 1.40. The second-order valence-corrected chi connectivity index (χ2v) is 3.66. The maximum atomic E-state index is 12.2. The quantitative estimate of drug-likeness (QED) is 0.729. The van der Waals surface area contributed by atoms with E-state index < -0.39 is 37.7 Å². The van der Waals surface area contributed by atoms with Crippen molar-refractivity contribution >= 4 is 17.5 Å². The maximum Gasteiger partial charge on any atom is 0.406 e. The van der Waals surface area contributed by atoms with Crippen LogP contribution in [0.2, 0.25) is 0 Å². The molecular weight excluding hydrogens is 255 g/mol. The number of amides is 2. The summed E-state index contributed by atoms with van der Waals surface area (Å²) in [5, 5.41) is 12.1. The van der Waals surface area contributed by atoms with E-state index in [4.69, 9.17) is 5.11 Å². The number of nitrogens with zero attached hydrogens (tertiary/aromatic N) is 2. The van der Waals surface area contributed by atoms with Crippen LogP contribution in [-0.4, -0.2) is 53.4 Å². The van der Waals surface area contributed by atoms with Crippen LogP contribution in [0.5, 0.6) is 0 Å². The molecular formula is C9H12F3N3O3. The minimum atomic E-state index is -4.55. The molecule has 0 aromatic carbocycles. The number of aliphatic hydroxyl groups is 1. The number of aliphatic hydroxyl groups excluding tert-OH is 1. The number of hydrogen-bond acceptors (Lipinski definition) is 4. The third kappa shape index (κ3) is 4.32. The van der Waals surface area contributed by atoms with Crippen LogP contribution in [-0.2, 0) is 9.59 Å². The Morgan fingerprint density at radius 3 is 2.56 bits per heavy atom. The number of hydrazone groups is 1. The Balaban J connectivity index is 2.73. The van der Waals surface area contributed by atoms with Crippen LogP contribution in [0, 0.1) is 0 Å². The molecule has 0 saturated heterocycles. The largest absolute Gasteiger partial charge is 0.406 e. The molecule has 0 aromatic heterocycles. The highest BCUT2D eigenvalue weighted by atomic mass is 19.4. The fourth-order valence-corrected chi connectivity index (χ4v) is 1.40. The number of hydrogen-bond donors (Lipinski definition) is 2. The molecule has 0 atom stereocenters. The van der Waals surface area contributed by atoms with Crippen molar-refractivity contribution in [3.05, 3.63) is 0 Å². The third-order valence-corrected chi connectivity index (χ3v) is 2.18. The smallest absolute Gasteiger partial charge is 0.395 e. The zero-order chi connectivity index (χ0) is 13.8. The van der Waals surface area contributed by atoms with Crippen molar-refractivity contribution in [1.82, 2.24) is 10.3 Å². The van der Waals surface area contributed by atoms with E-state index in [2.05, 4.69) is 5.10 Å². The average Bonchev–Trinajstić information content (AvgIpc) is 2.27. The maximum absolute atomic E-state index is 12.2. The number of halogens is 3. The molecule has 1 aliphatic heterocycles. The van der Waals surface area contributed by atoms with Gasteiger partial charge in [-0.15, -0.1) is 0 Å². The van der Waals surface area contributed by atoms with Crippen molar-refractivity contribution < 1.29 is 27.9 Å². The minimum absolute atomic E-state index is 0.00353. The molecule has 0 aliphatic carbocycles. The topological polar surface area (TPSA) is 82.0 Å². The highest BCUT2D eigenvalue weighted by Gasteiger charge is 2.34. The van der Waals surface area contributed by atoms with Crippen molar-refractivity contribution in [2.75, 3.05) is 19.7 Å². The van der Waals surface area contributed by atoms with E-state index in [1.165, 1.54) is 0 Å². The summed E-state index contributed by atoms with van der Waals surface area (Å²) in [6.45, 7) is -2.48. The SMILES string of the molecule is O=C1CCC(C(=O)N(CCO)CC(F)(F)F)=NN1. The number of nitrogens with one attached hydrogen (secondary N) is 1. The lowest BCUT2D eigenvalue weighted by molar-refractivity contribution is -0.158. The molecule has 1 rings (SSSR count). The van der Waals surface area contributed by atoms with Gasteiger partial charge in [-0.25, -0.2) is 5.43 Å². The Bertz CT molecular complexity index is 368. The molecule has 0 aromatic rings. The van der Waals surface area contributed by atoms with Crippen LogP contribution in [0.3, 0.4) is 0 Å². The van der Waals surface area contributed by atoms with Crippen molar-refractivity contribution in [3.8, 4) is 0 Å². The van der Waals surface area contributed by atoms with E-state index in [0.717, 1.165) is 0 Å². The summed E-state index contributed by atoms with van der Waals surface area (Å²) in [6.07, 6.45) is -4.56. The fraction of sp³-hybridized carbons (Fsp3) is 0.667. The van der Waals surface area contributed by atoms with E-state index in [9.17, 15) is 22.8 Å². The van der Waals surface area contributed by atoms with E-state index >= 15 is 0 Å². The molecule has 6 nitrogen and oxygen atoms in total. The minimum Gasteiger partial charge on any atom is -0.395 e. The molecule has 1 aliphatic rings. The first kappa shape index (κ1) is 14.4. The van der Waals surface area contributed by atoms with Gasteiger partial charge in [-0.1, -0.05) is 0 Å². The van der Waals surface area contributed by atoms with Gasteiger partial charge in [0.1, 0.15) is 12.3 Å². The summed E-state index contributed by atoms with van der Waals surface area (Å²) in [5.41, 5.74) is 1.88. The van der Waals surface area contributed by atoms with Crippen LogP contribution in [0.25, 0.3) is 0 Å². The summed E-state index contributed by atoms with van der Waals surface area (Å²) in [5.74, 6) is -1.32. The van der Waals surface area contributed by atoms with Gasteiger partial charge in [-0.05, 0) is 0 Å². The van der Waals surface area contributed by atoms with Gasteiger partial charge in [0.15, 0.2) is 0 Å². The van der Waals surface area contributed by atoms with Crippen molar-refractivity contribution in [2.45, 2.75) is 19.0 Å². The zero-order valence-corrected chi connectivity index (χ0v) is 9.33. The Hall–Kier alpha value is -1.64. The van der Waals surface area contributed by atoms with E-state index in [1.54, 1.807) is 0 Å². The zero-order valence-electron chi connectivity index (χ0n) is 9.33. The molecule has 0 radical (unpaired) electrons. The molecule has 0 saturated carbocycles. The van der Waals surface area contributed by atoms with Crippen LogP contribution >= 0.6 is 0 Å². The molecule has 2 N–H and O–H groups in total. The molecule has 2 amide bonds. The van der Waals surface area contributed by atoms with Gasteiger partial charge >= 0.3 is 6.18 Å². The highest BCUT2D eigenvalue weighted by molar-refractivity contribution is 6.39. The summed E-state index contributed by atoms with van der Waals surface area (Å²) < 4.78 is 36.7. The lowest BCUT2D eigenvalue weighted by Crippen LogP contribution is -2.45. The van der Waals surface area contributed by atoms with E-state index in [1.807, 2.05) is 5.43 Å².